The minimum Gasteiger partial charge on any atom is -0.476 e. The van der Waals surface area contributed by atoms with E-state index in [4.69, 9.17) is 9.84 Å². The van der Waals surface area contributed by atoms with Crippen LogP contribution in [-0.2, 0) is 16.1 Å². The number of nitrogens with zero attached hydrogens (tertiary/aromatic N) is 1. The Morgan fingerprint density at radius 2 is 1.71 bits per heavy atom. The molecule has 174 valence electrons. The van der Waals surface area contributed by atoms with Gasteiger partial charge in [-0.25, -0.2) is 14.6 Å². The summed E-state index contributed by atoms with van der Waals surface area (Å²) in [4.78, 5) is 39.7. The number of carboxylic acids is 1. The molecule has 8 nitrogen and oxygen atoms in total. The SMILES string of the molecule is Cc1sc(CNC(=O)/C=C/CNC(=O)OCC2c3ccccc3-c3ccccc32)nc1C(=O)O. The maximum absolute atomic E-state index is 12.1. The van der Waals surface area contributed by atoms with Gasteiger partial charge in [0.05, 0.1) is 6.54 Å². The van der Waals surface area contributed by atoms with Crippen LogP contribution in [0.2, 0.25) is 0 Å². The number of aromatic nitrogens is 1. The van der Waals surface area contributed by atoms with Crippen molar-refractivity contribution in [3.8, 4) is 11.1 Å². The highest BCUT2D eigenvalue weighted by atomic mass is 32.1. The minimum atomic E-state index is -1.09. The van der Waals surface area contributed by atoms with Crippen LogP contribution in [0.25, 0.3) is 11.1 Å². The lowest BCUT2D eigenvalue weighted by Gasteiger charge is -2.14. The molecule has 34 heavy (non-hydrogen) atoms. The van der Waals surface area contributed by atoms with Crippen LogP contribution in [-0.4, -0.2) is 41.2 Å². The van der Waals surface area contributed by atoms with Gasteiger partial charge in [-0.15, -0.1) is 11.3 Å². The first-order valence-corrected chi connectivity index (χ1v) is 11.5. The predicted octanol–water partition coefficient (Wildman–Crippen LogP) is 3.86. The van der Waals surface area contributed by atoms with Crippen LogP contribution in [0.4, 0.5) is 4.79 Å². The predicted molar refractivity (Wildman–Crippen MR) is 128 cm³/mol. The van der Waals surface area contributed by atoms with Gasteiger partial charge in [0.25, 0.3) is 0 Å². The fraction of sp³-hybridized carbons (Fsp3) is 0.200. The number of nitrogens with one attached hydrogen (secondary N) is 2. The third-order valence-electron chi connectivity index (χ3n) is 5.43. The van der Waals surface area contributed by atoms with E-state index in [0.717, 1.165) is 22.3 Å². The van der Waals surface area contributed by atoms with E-state index in [2.05, 4.69) is 39.9 Å². The summed E-state index contributed by atoms with van der Waals surface area (Å²) in [5.41, 5.74) is 4.59. The standard InChI is InChI=1S/C25H23N3O5S/c1-15-23(24(30)31)28-22(34-15)13-27-21(29)11-6-12-26-25(32)33-14-20-18-9-4-2-7-16(18)17-8-3-5-10-19(17)20/h2-11,20H,12-14H2,1H3,(H,26,32)(H,27,29)(H,30,31)/b11-6+. The number of benzene rings is 2. The van der Waals surface area contributed by atoms with Gasteiger partial charge in [-0.3, -0.25) is 4.79 Å². The van der Waals surface area contributed by atoms with E-state index >= 15 is 0 Å². The van der Waals surface area contributed by atoms with Gasteiger partial charge >= 0.3 is 12.1 Å². The number of carboxylic acid groups (broad SMARTS) is 1. The Balaban J connectivity index is 1.22. The Kier molecular flexibility index (Phi) is 7.03. The van der Waals surface area contributed by atoms with Crippen LogP contribution in [0.3, 0.4) is 0 Å². The largest absolute Gasteiger partial charge is 0.476 e. The molecule has 1 aliphatic carbocycles. The van der Waals surface area contributed by atoms with Gasteiger partial charge in [0.1, 0.15) is 11.6 Å². The highest BCUT2D eigenvalue weighted by molar-refractivity contribution is 7.11. The summed E-state index contributed by atoms with van der Waals surface area (Å²) < 4.78 is 5.45. The molecule has 3 aromatic rings. The number of hydrogen-bond donors (Lipinski definition) is 3. The van der Waals surface area contributed by atoms with Crippen LogP contribution in [0.1, 0.15) is 37.4 Å². The molecule has 3 N–H and O–H groups in total. The number of rotatable bonds is 8. The molecular weight excluding hydrogens is 454 g/mol. The van der Waals surface area contributed by atoms with E-state index in [-0.39, 0.29) is 37.2 Å². The zero-order chi connectivity index (χ0) is 24.1. The Morgan fingerprint density at radius 3 is 2.32 bits per heavy atom. The Labute approximate surface area is 200 Å². The van der Waals surface area contributed by atoms with Crippen LogP contribution in [0, 0.1) is 6.92 Å². The molecule has 0 atom stereocenters. The summed E-state index contributed by atoms with van der Waals surface area (Å²) in [6.45, 7) is 2.14. The van der Waals surface area contributed by atoms with Crippen molar-refractivity contribution < 1.29 is 24.2 Å². The van der Waals surface area contributed by atoms with E-state index in [0.29, 0.717) is 9.88 Å². The Hall–Kier alpha value is -3.98. The monoisotopic (exact) mass is 477 g/mol. The highest BCUT2D eigenvalue weighted by Gasteiger charge is 2.28. The topological polar surface area (TPSA) is 118 Å². The lowest BCUT2D eigenvalue weighted by molar-refractivity contribution is -0.116. The summed E-state index contributed by atoms with van der Waals surface area (Å²) in [6.07, 6.45) is 2.24. The summed E-state index contributed by atoms with van der Waals surface area (Å²) in [5, 5.41) is 14.8. The number of fused-ring (bicyclic) bond motifs is 3. The van der Waals surface area contributed by atoms with Crippen LogP contribution >= 0.6 is 11.3 Å². The molecule has 1 heterocycles. The molecule has 0 fully saturated rings. The Morgan fingerprint density at radius 1 is 1.06 bits per heavy atom. The second-order valence-corrected chi connectivity index (χ2v) is 8.93. The second-order valence-electron chi connectivity index (χ2n) is 7.64. The molecule has 0 spiro atoms. The summed E-state index contributed by atoms with van der Waals surface area (Å²) in [6, 6.07) is 16.2. The number of thiazole rings is 1. The molecule has 9 heteroatoms. The van der Waals surface area contributed by atoms with Crippen LogP contribution in [0.5, 0.6) is 0 Å². The van der Waals surface area contributed by atoms with Gasteiger partial charge in [-0.05, 0) is 29.2 Å². The van der Waals surface area contributed by atoms with E-state index in [1.807, 2.05) is 24.3 Å². The average Bonchev–Trinajstić information content (AvgIpc) is 3.37. The molecule has 0 radical (unpaired) electrons. The van der Waals surface area contributed by atoms with E-state index in [1.54, 1.807) is 6.92 Å². The maximum Gasteiger partial charge on any atom is 0.407 e. The number of amides is 2. The van der Waals surface area contributed by atoms with Crippen molar-refractivity contribution in [2.24, 2.45) is 0 Å². The fourth-order valence-corrected chi connectivity index (χ4v) is 4.77. The summed E-state index contributed by atoms with van der Waals surface area (Å²) >= 11 is 1.22. The molecule has 2 amide bonds. The number of alkyl carbamates (subject to hydrolysis) is 1. The molecule has 0 saturated heterocycles. The molecule has 2 aromatic carbocycles. The molecule has 0 aliphatic heterocycles. The first-order chi connectivity index (χ1) is 16.4. The van der Waals surface area contributed by atoms with Gasteiger partial charge < -0.3 is 20.5 Å². The third-order valence-corrected chi connectivity index (χ3v) is 6.41. The molecule has 1 aromatic heterocycles. The van der Waals surface area contributed by atoms with Gasteiger partial charge in [-0.1, -0.05) is 54.6 Å². The van der Waals surface area contributed by atoms with E-state index in [1.165, 1.54) is 23.5 Å². The van der Waals surface area contributed by atoms with Gasteiger partial charge in [-0.2, -0.15) is 0 Å². The minimum absolute atomic E-state index is 0.00270. The fourth-order valence-electron chi connectivity index (χ4n) is 3.90. The molecule has 0 unspecified atom stereocenters. The van der Waals surface area contributed by atoms with Crippen molar-refractivity contribution in [1.82, 2.24) is 15.6 Å². The average molecular weight is 478 g/mol. The highest BCUT2D eigenvalue weighted by Crippen LogP contribution is 2.44. The lowest BCUT2D eigenvalue weighted by atomic mass is 9.98. The Bertz CT molecular complexity index is 1220. The van der Waals surface area contributed by atoms with E-state index < -0.39 is 12.1 Å². The zero-order valence-electron chi connectivity index (χ0n) is 18.4. The first kappa shape index (κ1) is 23.2. The van der Waals surface area contributed by atoms with Crippen molar-refractivity contribution in [3.05, 3.63) is 87.4 Å². The lowest BCUT2D eigenvalue weighted by Crippen LogP contribution is -2.26. The third kappa shape index (κ3) is 5.15. The quantitative estimate of drug-likeness (QED) is 0.424. The van der Waals surface area contributed by atoms with Crippen LogP contribution < -0.4 is 10.6 Å². The normalized spacial score (nSPS) is 12.3. The maximum atomic E-state index is 12.1. The smallest absolute Gasteiger partial charge is 0.407 e. The number of carbonyl (C=O) groups excluding carboxylic acids is 2. The van der Waals surface area contributed by atoms with Gasteiger partial charge in [0.2, 0.25) is 5.91 Å². The molecular formula is C25H23N3O5S. The first-order valence-electron chi connectivity index (χ1n) is 10.7. The summed E-state index contributed by atoms with van der Waals surface area (Å²) in [7, 11) is 0. The molecule has 0 saturated carbocycles. The molecule has 0 bridgehead atoms. The number of hydrogen-bond acceptors (Lipinski definition) is 6. The number of ether oxygens (including phenoxy) is 1. The molecule has 1 aliphatic rings. The van der Waals surface area contributed by atoms with Crippen molar-refractivity contribution in [2.75, 3.05) is 13.2 Å². The number of aromatic carboxylic acids is 1. The van der Waals surface area contributed by atoms with Gasteiger partial charge in [0, 0.05) is 23.4 Å². The van der Waals surface area contributed by atoms with E-state index in [9.17, 15) is 14.4 Å². The van der Waals surface area contributed by atoms with Crippen molar-refractivity contribution in [2.45, 2.75) is 19.4 Å². The molecule has 4 rings (SSSR count). The van der Waals surface area contributed by atoms with Crippen LogP contribution in [0.15, 0.2) is 60.7 Å². The second kappa shape index (κ2) is 10.3. The van der Waals surface area contributed by atoms with Crippen molar-refractivity contribution in [1.29, 1.82) is 0 Å². The zero-order valence-corrected chi connectivity index (χ0v) is 19.2. The number of carbonyl (C=O) groups is 3. The van der Waals surface area contributed by atoms with Crippen molar-refractivity contribution >= 4 is 29.3 Å². The summed E-state index contributed by atoms with van der Waals surface area (Å²) in [5.74, 6) is -1.49. The van der Waals surface area contributed by atoms with Crippen molar-refractivity contribution in [3.63, 3.8) is 0 Å². The van der Waals surface area contributed by atoms with Gasteiger partial charge in [0.15, 0.2) is 5.69 Å². The number of aryl methyl sites for hydroxylation is 1.